The van der Waals surface area contributed by atoms with E-state index in [4.69, 9.17) is 4.74 Å². The molecule has 64 valence electrons. The van der Waals surface area contributed by atoms with Gasteiger partial charge in [-0.3, -0.25) is 4.90 Å². The van der Waals surface area contributed by atoms with Gasteiger partial charge in [0.15, 0.2) is 0 Å². The van der Waals surface area contributed by atoms with Gasteiger partial charge in [0.1, 0.15) is 6.10 Å². The maximum absolute atomic E-state index is 11.1. The molecule has 0 aromatic heterocycles. The molecule has 1 heterocycles. The van der Waals surface area contributed by atoms with Crippen molar-refractivity contribution < 1.29 is 9.53 Å². The second kappa shape index (κ2) is 2.72. The summed E-state index contributed by atoms with van der Waals surface area (Å²) in [4.78, 5) is 12.9. The highest BCUT2D eigenvalue weighted by molar-refractivity contribution is 5.70. The molecule has 0 N–H and O–H groups in total. The van der Waals surface area contributed by atoms with Gasteiger partial charge in [0.2, 0.25) is 0 Å². The molecule has 1 aliphatic rings. The Bertz CT molecular complexity index is 167. The number of hydrogen-bond donors (Lipinski definition) is 0. The van der Waals surface area contributed by atoms with Crippen molar-refractivity contribution in [1.29, 1.82) is 0 Å². The summed E-state index contributed by atoms with van der Waals surface area (Å²) >= 11 is 0. The fraction of sp³-hybridized carbons (Fsp3) is 0.875. The van der Waals surface area contributed by atoms with Crippen LogP contribution in [0.4, 0.5) is 4.79 Å². The van der Waals surface area contributed by atoms with E-state index >= 15 is 0 Å². The molecule has 0 aromatic carbocycles. The van der Waals surface area contributed by atoms with Crippen LogP contribution >= 0.6 is 0 Å². The third kappa shape index (κ3) is 1.32. The van der Waals surface area contributed by atoms with E-state index in [0.717, 1.165) is 0 Å². The zero-order valence-corrected chi connectivity index (χ0v) is 7.50. The minimum Gasteiger partial charge on any atom is -0.444 e. The zero-order chi connectivity index (χ0) is 8.59. The van der Waals surface area contributed by atoms with Gasteiger partial charge in [-0.05, 0) is 27.7 Å². The molecule has 3 nitrogen and oxygen atoms in total. The number of hydrogen-bond acceptors (Lipinski definition) is 2. The molecule has 1 rings (SSSR count). The number of ether oxygens (including phenoxy) is 1. The summed E-state index contributed by atoms with van der Waals surface area (Å²) in [5.74, 6) is 0. The molecule has 0 radical (unpaired) electrons. The predicted octanol–water partition coefficient (Wildman–Crippen LogP) is 1.62. The largest absolute Gasteiger partial charge is 0.444 e. The molecule has 0 saturated carbocycles. The van der Waals surface area contributed by atoms with Crippen LogP contribution in [0.25, 0.3) is 0 Å². The van der Waals surface area contributed by atoms with E-state index in [1.54, 1.807) is 4.90 Å². The van der Waals surface area contributed by atoms with Crippen molar-refractivity contribution in [3.05, 3.63) is 0 Å². The van der Waals surface area contributed by atoms with E-state index in [9.17, 15) is 4.79 Å². The first-order valence-electron chi connectivity index (χ1n) is 4.03. The monoisotopic (exact) mass is 157 g/mol. The van der Waals surface area contributed by atoms with Gasteiger partial charge in [-0.15, -0.1) is 0 Å². The molecule has 11 heavy (non-hydrogen) atoms. The highest BCUT2D eigenvalue weighted by atomic mass is 16.6. The van der Waals surface area contributed by atoms with E-state index < -0.39 is 0 Å². The Morgan fingerprint density at radius 1 is 1.45 bits per heavy atom. The van der Waals surface area contributed by atoms with Crippen molar-refractivity contribution in [1.82, 2.24) is 4.90 Å². The van der Waals surface area contributed by atoms with E-state index in [1.807, 2.05) is 27.7 Å². The normalized spacial score (nSPS) is 31.4. The van der Waals surface area contributed by atoms with Gasteiger partial charge >= 0.3 is 6.09 Å². The van der Waals surface area contributed by atoms with Crippen LogP contribution in [0.2, 0.25) is 0 Å². The summed E-state index contributed by atoms with van der Waals surface area (Å²) in [6.07, 6.45) is -0.148. The van der Waals surface area contributed by atoms with E-state index in [-0.39, 0.29) is 24.3 Å². The van der Waals surface area contributed by atoms with Crippen molar-refractivity contribution in [3.63, 3.8) is 0 Å². The number of rotatable bonds is 1. The number of amides is 1. The van der Waals surface area contributed by atoms with Crippen LogP contribution in [0.5, 0.6) is 0 Å². The first-order chi connectivity index (χ1) is 5.04. The van der Waals surface area contributed by atoms with Crippen molar-refractivity contribution in [2.75, 3.05) is 0 Å². The Kier molecular flexibility index (Phi) is 2.07. The summed E-state index contributed by atoms with van der Waals surface area (Å²) < 4.78 is 5.03. The average molecular weight is 157 g/mol. The molecule has 0 bridgehead atoms. The van der Waals surface area contributed by atoms with Gasteiger partial charge in [0.25, 0.3) is 0 Å². The molecule has 0 aromatic rings. The third-order valence-electron chi connectivity index (χ3n) is 2.17. The van der Waals surface area contributed by atoms with Gasteiger partial charge < -0.3 is 4.74 Å². The number of carbonyl (C=O) groups is 1. The van der Waals surface area contributed by atoms with Crippen LogP contribution in [-0.4, -0.2) is 29.2 Å². The highest BCUT2D eigenvalue weighted by Gasteiger charge is 2.37. The molecule has 0 spiro atoms. The van der Waals surface area contributed by atoms with E-state index in [1.165, 1.54) is 0 Å². The van der Waals surface area contributed by atoms with Crippen molar-refractivity contribution in [2.24, 2.45) is 0 Å². The fourth-order valence-corrected chi connectivity index (χ4v) is 1.39. The van der Waals surface area contributed by atoms with Crippen molar-refractivity contribution in [3.8, 4) is 0 Å². The summed E-state index contributed by atoms with van der Waals surface area (Å²) in [5.41, 5.74) is 0. The molecule has 0 aliphatic carbocycles. The molecule has 0 unspecified atom stereocenters. The Labute approximate surface area is 67.3 Å². The second-order valence-electron chi connectivity index (χ2n) is 3.33. The summed E-state index contributed by atoms with van der Waals surface area (Å²) in [5, 5.41) is 0. The zero-order valence-electron chi connectivity index (χ0n) is 7.50. The minimum atomic E-state index is -0.181. The molecule has 1 saturated heterocycles. The summed E-state index contributed by atoms with van der Waals surface area (Å²) in [6.45, 7) is 7.92. The van der Waals surface area contributed by atoms with Crippen LogP contribution in [0, 0.1) is 0 Å². The van der Waals surface area contributed by atoms with Crippen LogP contribution in [-0.2, 0) is 4.74 Å². The minimum absolute atomic E-state index is 0.0323. The lowest BCUT2D eigenvalue weighted by molar-refractivity contribution is 0.134. The van der Waals surface area contributed by atoms with Gasteiger partial charge in [-0.1, -0.05) is 0 Å². The summed E-state index contributed by atoms with van der Waals surface area (Å²) in [6, 6.07) is 0.449. The molecule has 2 atom stereocenters. The Morgan fingerprint density at radius 2 is 2.00 bits per heavy atom. The summed E-state index contributed by atoms with van der Waals surface area (Å²) in [7, 11) is 0. The standard InChI is InChI=1S/C8H15NO2/c1-5(2)9-6(3)7(4)11-8(9)10/h5-7H,1-4H3/t6-,7-/m0/s1. The Morgan fingerprint density at radius 3 is 2.18 bits per heavy atom. The lowest BCUT2D eigenvalue weighted by Crippen LogP contribution is -2.38. The molecular weight excluding hydrogens is 142 g/mol. The molecule has 1 aliphatic heterocycles. The van der Waals surface area contributed by atoms with Crippen LogP contribution in [0.3, 0.4) is 0 Å². The average Bonchev–Trinajstić information content (AvgIpc) is 2.07. The number of cyclic esters (lactones) is 1. The van der Waals surface area contributed by atoms with Crippen LogP contribution in [0.1, 0.15) is 27.7 Å². The first-order valence-corrected chi connectivity index (χ1v) is 4.03. The van der Waals surface area contributed by atoms with Gasteiger partial charge in [-0.2, -0.15) is 0 Å². The Balaban J connectivity index is 2.71. The van der Waals surface area contributed by atoms with Gasteiger partial charge in [0, 0.05) is 6.04 Å². The van der Waals surface area contributed by atoms with Crippen LogP contribution < -0.4 is 0 Å². The first kappa shape index (κ1) is 8.37. The highest BCUT2D eigenvalue weighted by Crippen LogP contribution is 2.20. The van der Waals surface area contributed by atoms with Gasteiger partial charge in [0.05, 0.1) is 6.04 Å². The Hall–Kier alpha value is -0.730. The SMILES string of the molecule is CC(C)N1C(=O)O[C@@H](C)[C@@H]1C. The quantitative estimate of drug-likeness (QED) is 0.579. The maximum atomic E-state index is 11.1. The van der Waals surface area contributed by atoms with Crippen molar-refractivity contribution >= 4 is 6.09 Å². The lowest BCUT2D eigenvalue weighted by atomic mass is 10.2. The molecule has 3 heteroatoms. The second-order valence-corrected chi connectivity index (χ2v) is 3.33. The third-order valence-corrected chi connectivity index (χ3v) is 2.17. The maximum Gasteiger partial charge on any atom is 0.410 e. The topological polar surface area (TPSA) is 29.5 Å². The van der Waals surface area contributed by atoms with Crippen LogP contribution in [0.15, 0.2) is 0 Å². The van der Waals surface area contributed by atoms with Crippen molar-refractivity contribution in [2.45, 2.75) is 45.9 Å². The smallest absolute Gasteiger partial charge is 0.410 e. The van der Waals surface area contributed by atoms with E-state index in [0.29, 0.717) is 0 Å². The number of nitrogens with zero attached hydrogens (tertiary/aromatic N) is 1. The predicted molar refractivity (Wildman–Crippen MR) is 42.4 cm³/mol. The number of carbonyl (C=O) groups excluding carboxylic acids is 1. The lowest BCUT2D eigenvalue weighted by Gasteiger charge is -2.23. The van der Waals surface area contributed by atoms with E-state index in [2.05, 4.69) is 0 Å². The fourth-order valence-electron chi connectivity index (χ4n) is 1.39. The molecular formula is C8H15NO2. The van der Waals surface area contributed by atoms with Gasteiger partial charge in [-0.25, -0.2) is 4.79 Å². The molecule has 1 amide bonds. The molecule has 1 fully saturated rings.